The molecule has 5 rings (SSSR count). The molecular formula is C23H23N5O2. The number of para-hydroxylation sites is 1. The summed E-state index contributed by atoms with van der Waals surface area (Å²) in [5.41, 5.74) is 4.71. The number of carbonyl (C=O) groups is 1. The molecule has 0 bridgehead atoms. The molecule has 1 fully saturated rings. The van der Waals surface area contributed by atoms with E-state index >= 15 is 0 Å². The van der Waals surface area contributed by atoms with Crippen LogP contribution in [0.2, 0.25) is 0 Å². The van der Waals surface area contributed by atoms with Gasteiger partial charge in [-0.1, -0.05) is 30.3 Å². The second-order valence-corrected chi connectivity index (χ2v) is 7.93. The minimum Gasteiger partial charge on any atom is -0.496 e. The number of pyridine rings is 1. The average molecular weight is 401 g/mol. The number of methoxy groups -OCH3 is 1. The standard InChI is InChI=1S/C23H23N5O2/c1-15-7-8-17-12-19(22-24-25-26-28(22)20(17)11-15)14-27(23(29)16-9-10-16)13-18-5-3-4-6-21(18)30-2/h3-8,11-12,16H,9-10,13-14H2,1-2H3. The lowest BCUT2D eigenvalue weighted by atomic mass is 10.1. The van der Waals surface area contributed by atoms with E-state index in [1.807, 2.05) is 36.1 Å². The van der Waals surface area contributed by atoms with Crippen LogP contribution < -0.4 is 4.74 Å². The van der Waals surface area contributed by atoms with Crippen LogP contribution in [0.1, 0.15) is 29.5 Å². The molecular weight excluding hydrogens is 378 g/mol. The Morgan fingerprint density at radius 3 is 2.73 bits per heavy atom. The molecule has 30 heavy (non-hydrogen) atoms. The highest BCUT2D eigenvalue weighted by Crippen LogP contribution is 2.33. The number of fused-ring (bicyclic) bond motifs is 3. The van der Waals surface area contributed by atoms with Crippen molar-refractivity contribution in [3.05, 3.63) is 65.2 Å². The Labute approximate surface area is 174 Å². The van der Waals surface area contributed by atoms with Gasteiger partial charge in [0, 0.05) is 35.5 Å². The molecule has 0 unspecified atom stereocenters. The Kier molecular flexibility index (Phi) is 4.58. The zero-order valence-electron chi connectivity index (χ0n) is 17.1. The Balaban J connectivity index is 1.55. The van der Waals surface area contributed by atoms with Gasteiger partial charge in [-0.15, -0.1) is 5.10 Å². The SMILES string of the molecule is COc1ccccc1CN(Cc1cc2ccc(C)cc2n2nnnc12)C(=O)C1CC1. The molecule has 0 atom stereocenters. The van der Waals surface area contributed by atoms with Crippen molar-refractivity contribution in [3.63, 3.8) is 0 Å². The molecule has 0 saturated heterocycles. The quantitative estimate of drug-likeness (QED) is 0.494. The summed E-state index contributed by atoms with van der Waals surface area (Å²) in [5, 5.41) is 13.4. The summed E-state index contributed by atoms with van der Waals surface area (Å²) >= 11 is 0. The van der Waals surface area contributed by atoms with Gasteiger partial charge in [-0.2, -0.15) is 4.52 Å². The smallest absolute Gasteiger partial charge is 0.226 e. The molecule has 0 radical (unpaired) electrons. The van der Waals surface area contributed by atoms with Gasteiger partial charge in [0.2, 0.25) is 5.91 Å². The molecule has 0 aliphatic heterocycles. The fraction of sp³-hybridized carbons (Fsp3) is 0.304. The molecule has 152 valence electrons. The van der Waals surface area contributed by atoms with Crippen molar-refractivity contribution in [1.29, 1.82) is 0 Å². The van der Waals surface area contributed by atoms with E-state index in [0.29, 0.717) is 18.7 Å². The number of hydrogen-bond donors (Lipinski definition) is 0. The molecule has 2 aromatic carbocycles. The predicted octanol–water partition coefficient (Wildman–Crippen LogP) is 3.53. The van der Waals surface area contributed by atoms with E-state index in [0.717, 1.165) is 46.2 Å². The fourth-order valence-electron chi connectivity index (χ4n) is 3.92. The predicted molar refractivity (Wildman–Crippen MR) is 113 cm³/mol. The van der Waals surface area contributed by atoms with Gasteiger partial charge in [-0.05, 0) is 54.0 Å². The van der Waals surface area contributed by atoms with E-state index in [-0.39, 0.29) is 11.8 Å². The van der Waals surface area contributed by atoms with Crippen LogP contribution >= 0.6 is 0 Å². The summed E-state index contributed by atoms with van der Waals surface area (Å²) in [7, 11) is 1.66. The molecule has 0 spiro atoms. The maximum atomic E-state index is 13.1. The van der Waals surface area contributed by atoms with Crippen molar-refractivity contribution in [3.8, 4) is 5.75 Å². The zero-order chi connectivity index (χ0) is 20.7. The third-order valence-corrected chi connectivity index (χ3v) is 5.65. The summed E-state index contributed by atoms with van der Waals surface area (Å²) < 4.78 is 7.27. The normalized spacial score (nSPS) is 13.7. The number of amides is 1. The summed E-state index contributed by atoms with van der Waals surface area (Å²) in [6, 6.07) is 16.1. The van der Waals surface area contributed by atoms with E-state index in [9.17, 15) is 4.79 Å². The van der Waals surface area contributed by atoms with Crippen LogP contribution in [-0.2, 0) is 17.9 Å². The molecule has 0 N–H and O–H groups in total. The molecule has 1 amide bonds. The third kappa shape index (κ3) is 3.36. The highest BCUT2D eigenvalue weighted by atomic mass is 16.5. The topological polar surface area (TPSA) is 72.6 Å². The Hall–Kier alpha value is -3.48. The van der Waals surface area contributed by atoms with Crippen LogP contribution in [-0.4, -0.2) is 38.0 Å². The number of tetrazole rings is 1. The van der Waals surface area contributed by atoms with Crippen molar-refractivity contribution in [2.24, 2.45) is 5.92 Å². The van der Waals surface area contributed by atoms with Gasteiger partial charge >= 0.3 is 0 Å². The summed E-state index contributed by atoms with van der Waals surface area (Å²) in [5.74, 6) is 1.08. The molecule has 2 heterocycles. The monoisotopic (exact) mass is 401 g/mol. The van der Waals surface area contributed by atoms with Crippen LogP contribution in [0, 0.1) is 12.8 Å². The van der Waals surface area contributed by atoms with E-state index in [1.165, 1.54) is 0 Å². The van der Waals surface area contributed by atoms with Gasteiger partial charge < -0.3 is 9.64 Å². The van der Waals surface area contributed by atoms with E-state index < -0.39 is 0 Å². The van der Waals surface area contributed by atoms with Gasteiger partial charge in [-0.25, -0.2) is 0 Å². The maximum Gasteiger partial charge on any atom is 0.226 e. The number of nitrogens with zero attached hydrogens (tertiary/aromatic N) is 5. The van der Waals surface area contributed by atoms with Gasteiger partial charge in [0.15, 0.2) is 5.65 Å². The number of carbonyl (C=O) groups excluding carboxylic acids is 1. The number of hydrogen-bond acceptors (Lipinski definition) is 5. The Bertz CT molecular complexity index is 1250. The van der Waals surface area contributed by atoms with Crippen LogP contribution in [0.25, 0.3) is 16.6 Å². The lowest BCUT2D eigenvalue weighted by molar-refractivity contribution is -0.133. The van der Waals surface area contributed by atoms with Crippen molar-refractivity contribution in [1.82, 2.24) is 24.9 Å². The fourth-order valence-corrected chi connectivity index (χ4v) is 3.92. The first-order valence-corrected chi connectivity index (χ1v) is 10.1. The summed E-state index contributed by atoms with van der Waals surface area (Å²) in [4.78, 5) is 15.0. The highest BCUT2D eigenvalue weighted by Gasteiger charge is 2.34. The number of rotatable bonds is 6. The molecule has 7 nitrogen and oxygen atoms in total. The minimum absolute atomic E-state index is 0.120. The van der Waals surface area contributed by atoms with Gasteiger partial charge in [0.25, 0.3) is 0 Å². The van der Waals surface area contributed by atoms with E-state index in [1.54, 1.807) is 11.6 Å². The molecule has 1 aliphatic rings. The molecule has 1 saturated carbocycles. The molecule has 4 aromatic rings. The Morgan fingerprint density at radius 1 is 1.13 bits per heavy atom. The molecule has 2 aromatic heterocycles. The van der Waals surface area contributed by atoms with Crippen LogP contribution in [0.3, 0.4) is 0 Å². The number of aromatic nitrogens is 4. The summed E-state index contributed by atoms with van der Waals surface area (Å²) in [6.07, 6.45) is 1.92. The number of benzene rings is 2. The average Bonchev–Trinajstić information content (AvgIpc) is 3.49. The number of aryl methyl sites for hydroxylation is 1. The van der Waals surface area contributed by atoms with Gasteiger partial charge in [0.1, 0.15) is 5.75 Å². The first kappa shape index (κ1) is 18.5. The second-order valence-electron chi connectivity index (χ2n) is 7.93. The second kappa shape index (κ2) is 7.40. The van der Waals surface area contributed by atoms with Crippen molar-refractivity contribution >= 4 is 22.5 Å². The first-order valence-electron chi connectivity index (χ1n) is 10.1. The minimum atomic E-state index is 0.120. The molecule has 1 aliphatic carbocycles. The van der Waals surface area contributed by atoms with Crippen molar-refractivity contribution in [2.45, 2.75) is 32.9 Å². The lowest BCUT2D eigenvalue weighted by Gasteiger charge is -2.24. The largest absolute Gasteiger partial charge is 0.496 e. The van der Waals surface area contributed by atoms with Crippen LogP contribution in [0.15, 0.2) is 48.5 Å². The summed E-state index contributed by atoms with van der Waals surface area (Å²) in [6.45, 7) is 2.98. The van der Waals surface area contributed by atoms with E-state index in [2.05, 4.69) is 39.8 Å². The third-order valence-electron chi connectivity index (χ3n) is 5.65. The van der Waals surface area contributed by atoms with Gasteiger partial charge in [0.05, 0.1) is 12.6 Å². The van der Waals surface area contributed by atoms with Crippen molar-refractivity contribution < 1.29 is 9.53 Å². The molecule has 7 heteroatoms. The van der Waals surface area contributed by atoms with Crippen LogP contribution in [0.4, 0.5) is 0 Å². The zero-order valence-corrected chi connectivity index (χ0v) is 17.1. The van der Waals surface area contributed by atoms with E-state index in [4.69, 9.17) is 4.74 Å². The lowest BCUT2D eigenvalue weighted by Crippen LogP contribution is -2.31. The Morgan fingerprint density at radius 2 is 1.93 bits per heavy atom. The maximum absolute atomic E-state index is 13.1. The highest BCUT2D eigenvalue weighted by molar-refractivity contribution is 5.84. The number of ether oxygens (including phenoxy) is 1. The van der Waals surface area contributed by atoms with Crippen LogP contribution in [0.5, 0.6) is 5.75 Å². The van der Waals surface area contributed by atoms with Crippen molar-refractivity contribution in [2.75, 3.05) is 7.11 Å². The first-order chi connectivity index (χ1) is 14.6. The van der Waals surface area contributed by atoms with Gasteiger partial charge in [-0.3, -0.25) is 4.79 Å².